The molecule has 142 valence electrons. The monoisotopic (exact) mass is 390 g/mol. The summed E-state index contributed by atoms with van der Waals surface area (Å²) in [6.07, 6.45) is 5.73. The van der Waals surface area contributed by atoms with Crippen molar-refractivity contribution in [3.63, 3.8) is 0 Å². The molecule has 0 spiro atoms. The van der Waals surface area contributed by atoms with Crippen molar-refractivity contribution in [2.24, 2.45) is 0 Å². The van der Waals surface area contributed by atoms with Gasteiger partial charge in [0.1, 0.15) is 11.2 Å². The lowest BCUT2D eigenvalue weighted by Gasteiger charge is -2.20. The number of hydrogen-bond donors (Lipinski definition) is 0. The van der Waals surface area contributed by atoms with Crippen LogP contribution in [0.3, 0.4) is 0 Å². The minimum absolute atomic E-state index is 0.125. The van der Waals surface area contributed by atoms with Crippen LogP contribution in [0.2, 0.25) is 0 Å². The summed E-state index contributed by atoms with van der Waals surface area (Å²) in [6, 6.07) is 14.0. The Hall–Kier alpha value is -2.99. The number of fused-ring (bicyclic) bond motifs is 1. The molecule has 0 aliphatic heterocycles. The largest absolute Gasteiger partial charge is 0.293 e. The first kappa shape index (κ1) is 18.4. The molecule has 0 amide bonds. The third-order valence-corrected chi connectivity index (χ3v) is 5.34. The fourth-order valence-corrected chi connectivity index (χ4v) is 3.87. The second-order valence-corrected chi connectivity index (χ2v) is 8.56. The van der Waals surface area contributed by atoms with Crippen LogP contribution in [0.1, 0.15) is 26.3 Å². The Morgan fingerprint density at radius 1 is 1.11 bits per heavy atom. The minimum Gasteiger partial charge on any atom is -0.265 e. The summed E-state index contributed by atoms with van der Waals surface area (Å²) in [5.74, 6) is 0. The highest BCUT2D eigenvalue weighted by Gasteiger charge is 2.23. The molecule has 4 rings (SSSR count). The van der Waals surface area contributed by atoms with Crippen molar-refractivity contribution in [2.75, 3.05) is 0 Å². The van der Waals surface area contributed by atoms with Gasteiger partial charge in [0.2, 0.25) is 0 Å². The zero-order valence-electron chi connectivity index (χ0n) is 16.2. The van der Waals surface area contributed by atoms with Gasteiger partial charge in [0.25, 0.3) is 5.56 Å². The van der Waals surface area contributed by atoms with Crippen LogP contribution in [0.4, 0.5) is 0 Å². The number of thiophene rings is 1. The molecule has 3 heterocycles. The van der Waals surface area contributed by atoms with Gasteiger partial charge in [0.05, 0.1) is 28.5 Å². The highest BCUT2D eigenvalue weighted by Crippen LogP contribution is 2.30. The number of benzene rings is 1. The quantitative estimate of drug-likeness (QED) is 0.503. The van der Waals surface area contributed by atoms with Crippen LogP contribution in [0.5, 0.6) is 0 Å². The van der Waals surface area contributed by atoms with Crippen molar-refractivity contribution in [1.82, 2.24) is 19.6 Å². The minimum atomic E-state index is -0.299. The van der Waals surface area contributed by atoms with E-state index in [1.54, 1.807) is 22.2 Å². The van der Waals surface area contributed by atoms with Gasteiger partial charge >= 0.3 is 0 Å². The van der Waals surface area contributed by atoms with Crippen LogP contribution < -0.4 is 5.56 Å². The smallest absolute Gasteiger partial charge is 0.265 e. The molecule has 0 aliphatic rings. The first-order valence-electron chi connectivity index (χ1n) is 9.20. The maximum Gasteiger partial charge on any atom is 0.293 e. The van der Waals surface area contributed by atoms with Crippen molar-refractivity contribution in [3.8, 4) is 10.6 Å². The lowest BCUT2D eigenvalue weighted by atomic mass is 10.1. The van der Waals surface area contributed by atoms with E-state index in [0.29, 0.717) is 12.1 Å². The normalized spacial score (nSPS) is 12.2. The summed E-state index contributed by atoms with van der Waals surface area (Å²) in [7, 11) is 0. The fourth-order valence-electron chi connectivity index (χ4n) is 3.15. The molecule has 0 saturated carbocycles. The average Bonchev–Trinajstić information content (AvgIpc) is 3.34. The van der Waals surface area contributed by atoms with E-state index < -0.39 is 0 Å². The molecule has 0 aliphatic carbocycles. The van der Waals surface area contributed by atoms with Crippen molar-refractivity contribution >= 4 is 28.3 Å². The summed E-state index contributed by atoms with van der Waals surface area (Å²) < 4.78 is 3.33. The maximum absolute atomic E-state index is 13.2. The molecule has 1 aromatic carbocycles. The highest BCUT2D eigenvalue weighted by molar-refractivity contribution is 7.13. The van der Waals surface area contributed by atoms with E-state index in [4.69, 9.17) is 0 Å². The second-order valence-electron chi connectivity index (χ2n) is 7.62. The van der Waals surface area contributed by atoms with Crippen molar-refractivity contribution in [3.05, 3.63) is 76.0 Å². The van der Waals surface area contributed by atoms with Gasteiger partial charge in [0, 0.05) is 0 Å². The molecule has 0 fully saturated rings. The number of nitrogens with zero attached hydrogens (tertiary/aromatic N) is 4. The topological polar surface area (TPSA) is 52.7 Å². The van der Waals surface area contributed by atoms with Crippen LogP contribution in [0.25, 0.3) is 27.6 Å². The number of rotatable bonds is 4. The van der Waals surface area contributed by atoms with Crippen LogP contribution >= 0.6 is 11.3 Å². The number of hydrogen-bond acceptors (Lipinski definition) is 4. The van der Waals surface area contributed by atoms with E-state index in [1.165, 1.54) is 4.68 Å². The molecule has 0 atom stereocenters. The van der Waals surface area contributed by atoms with Crippen molar-refractivity contribution in [1.29, 1.82) is 0 Å². The van der Waals surface area contributed by atoms with E-state index >= 15 is 0 Å². The van der Waals surface area contributed by atoms with Crippen LogP contribution in [-0.2, 0) is 12.1 Å². The van der Waals surface area contributed by atoms with E-state index in [0.717, 1.165) is 21.5 Å². The Kier molecular flexibility index (Phi) is 4.73. The van der Waals surface area contributed by atoms with Crippen LogP contribution in [0, 0.1) is 0 Å². The Morgan fingerprint density at radius 2 is 1.89 bits per heavy atom. The zero-order valence-corrected chi connectivity index (χ0v) is 17.0. The molecular weight excluding hydrogens is 368 g/mol. The molecule has 5 nitrogen and oxygen atoms in total. The van der Waals surface area contributed by atoms with E-state index in [9.17, 15) is 4.79 Å². The molecule has 3 aromatic heterocycles. The first-order chi connectivity index (χ1) is 13.4. The molecule has 0 saturated heterocycles. The summed E-state index contributed by atoms with van der Waals surface area (Å²) in [5, 5.41) is 12.0. The summed E-state index contributed by atoms with van der Waals surface area (Å²) in [4.78, 5) is 14.3. The Bertz CT molecular complexity index is 1180. The summed E-state index contributed by atoms with van der Waals surface area (Å²) in [5.41, 5.74) is 2.06. The lowest BCUT2D eigenvalue weighted by molar-refractivity contribution is 0.366. The predicted molar refractivity (Wildman–Crippen MR) is 116 cm³/mol. The predicted octanol–water partition coefficient (Wildman–Crippen LogP) is 4.79. The highest BCUT2D eigenvalue weighted by atomic mass is 32.1. The van der Waals surface area contributed by atoms with Gasteiger partial charge in [-0.05, 0) is 37.8 Å². The van der Waals surface area contributed by atoms with E-state index in [2.05, 4.69) is 10.2 Å². The molecule has 4 aromatic rings. The van der Waals surface area contributed by atoms with Crippen molar-refractivity contribution in [2.45, 2.75) is 32.9 Å². The third-order valence-electron chi connectivity index (χ3n) is 4.46. The van der Waals surface area contributed by atoms with Gasteiger partial charge in [-0.25, -0.2) is 4.68 Å². The Labute approximate surface area is 167 Å². The molecule has 6 heteroatoms. The third kappa shape index (κ3) is 3.43. The Balaban J connectivity index is 1.85. The van der Waals surface area contributed by atoms with Gasteiger partial charge in [-0.1, -0.05) is 48.6 Å². The fraction of sp³-hybridized carbons (Fsp3) is 0.227. The van der Waals surface area contributed by atoms with Gasteiger partial charge < -0.3 is 0 Å². The number of allylic oxidation sites excluding steroid dienone is 1. The SMILES string of the molecule is CC(C)(C)n1ncc2c(-c3cccs3)nn(C/C=C/c3ccccc3)c(=O)c21. The lowest BCUT2D eigenvalue weighted by Crippen LogP contribution is -2.30. The van der Waals surface area contributed by atoms with E-state index in [-0.39, 0.29) is 11.1 Å². The summed E-state index contributed by atoms with van der Waals surface area (Å²) >= 11 is 1.61. The molecular formula is C22H22N4OS. The number of aromatic nitrogens is 4. The first-order valence-corrected chi connectivity index (χ1v) is 10.1. The molecule has 0 N–H and O–H groups in total. The molecule has 0 bridgehead atoms. The van der Waals surface area contributed by atoms with E-state index in [1.807, 2.05) is 80.8 Å². The van der Waals surface area contributed by atoms with Gasteiger partial charge in [-0.3, -0.25) is 9.48 Å². The van der Waals surface area contributed by atoms with Gasteiger partial charge in [0.15, 0.2) is 0 Å². The standard InChI is InChI=1S/C22H22N4OS/c1-22(2,3)26-20-17(15-23-26)19(18-12-8-14-28-18)24-25(21(20)27)13-7-11-16-9-5-4-6-10-16/h4-12,14-15H,13H2,1-3H3/b11-7+. The second kappa shape index (κ2) is 7.20. The molecule has 0 radical (unpaired) electrons. The maximum atomic E-state index is 13.2. The van der Waals surface area contributed by atoms with Gasteiger partial charge in [-0.2, -0.15) is 10.2 Å². The van der Waals surface area contributed by atoms with Crippen LogP contribution in [-0.4, -0.2) is 19.6 Å². The van der Waals surface area contributed by atoms with Gasteiger partial charge in [-0.15, -0.1) is 11.3 Å². The molecule has 28 heavy (non-hydrogen) atoms. The Morgan fingerprint density at radius 3 is 2.57 bits per heavy atom. The van der Waals surface area contributed by atoms with Crippen molar-refractivity contribution < 1.29 is 0 Å². The average molecular weight is 391 g/mol. The molecule has 0 unspecified atom stereocenters. The van der Waals surface area contributed by atoms with Crippen LogP contribution in [0.15, 0.2) is 64.9 Å². The summed E-state index contributed by atoms with van der Waals surface area (Å²) in [6.45, 7) is 6.54. The zero-order chi connectivity index (χ0) is 19.7.